The molecule has 0 saturated carbocycles. The van der Waals surface area contributed by atoms with Gasteiger partial charge in [-0.05, 0) is 83.9 Å². The van der Waals surface area contributed by atoms with Crippen molar-refractivity contribution in [3.05, 3.63) is 88.5 Å². The number of ether oxygens (including phenoxy) is 1. The number of hydrogen-bond donors (Lipinski definition) is 1. The van der Waals surface area contributed by atoms with Crippen LogP contribution in [0.4, 0.5) is 5.69 Å². The smallest absolute Gasteiger partial charge is 0.119 e. The number of anilines is 1. The Morgan fingerprint density at radius 3 is 2.39 bits per heavy atom. The Morgan fingerprint density at radius 2 is 1.70 bits per heavy atom. The van der Waals surface area contributed by atoms with Gasteiger partial charge in [-0.25, -0.2) is 0 Å². The van der Waals surface area contributed by atoms with Gasteiger partial charge >= 0.3 is 0 Å². The largest absolute Gasteiger partial charge is 0.490 e. The summed E-state index contributed by atoms with van der Waals surface area (Å²) in [6, 6.07) is 21.9. The summed E-state index contributed by atoms with van der Waals surface area (Å²) in [5.41, 5.74) is 16.3. The zero-order valence-corrected chi connectivity index (χ0v) is 21.1. The van der Waals surface area contributed by atoms with Crippen LogP contribution in [0, 0.1) is 6.92 Å². The molecular weight excluding hydrogens is 422 g/mol. The zero-order chi connectivity index (χ0) is 23.4. The predicted molar refractivity (Wildman–Crippen MR) is 144 cm³/mol. The highest BCUT2D eigenvalue weighted by Crippen LogP contribution is 2.45. The third-order valence-corrected chi connectivity index (χ3v) is 7.51. The van der Waals surface area contributed by atoms with Crippen LogP contribution in [-0.2, 0) is 6.42 Å². The second-order valence-electron chi connectivity index (χ2n) is 8.87. The van der Waals surface area contributed by atoms with Crippen LogP contribution in [0.3, 0.4) is 0 Å². The lowest BCUT2D eigenvalue weighted by Gasteiger charge is -2.26. The summed E-state index contributed by atoms with van der Waals surface area (Å²) in [6.45, 7) is 8.83. The van der Waals surface area contributed by atoms with E-state index in [4.69, 9.17) is 10.5 Å². The van der Waals surface area contributed by atoms with Crippen molar-refractivity contribution in [2.75, 3.05) is 11.5 Å². The van der Waals surface area contributed by atoms with Crippen molar-refractivity contribution < 1.29 is 4.74 Å². The first-order chi connectivity index (χ1) is 16.0. The second kappa shape index (κ2) is 10.5. The number of benzene rings is 3. The molecule has 1 aliphatic heterocycles. The first-order valence-corrected chi connectivity index (χ1v) is 13.1. The van der Waals surface area contributed by atoms with Gasteiger partial charge in [0.25, 0.3) is 0 Å². The summed E-state index contributed by atoms with van der Waals surface area (Å²) in [5, 5.41) is 0. The average molecular weight is 458 g/mol. The molecule has 172 valence electrons. The Hall–Kier alpha value is -2.65. The third kappa shape index (κ3) is 5.14. The van der Waals surface area contributed by atoms with E-state index in [1.807, 2.05) is 17.8 Å². The van der Waals surface area contributed by atoms with E-state index in [9.17, 15) is 0 Å². The van der Waals surface area contributed by atoms with Crippen LogP contribution in [0.1, 0.15) is 67.9 Å². The predicted octanol–water partition coefficient (Wildman–Crippen LogP) is 8.16. The van der Waals surface area contributed by atoms with Crippen LogP contribution in [0.2, 0.25) is 0 Å². The monoisotopic (exact) mass is 457 g/mol. The maximum Gasteiger partial charge on any atom is 0.119 e. The van der Waals surface area contributed by atoms with Gasteiger partial charge in [-0.2, -0.15) is 0 Å². The van der Waals surface area contributed by atoms with Gasteiger partial charge in [-0.15, -0.1) is 11.8 Å². The lowest BCUT2D eigenvalue weighted by atomic mass is 9.87. The molecule has 33 heavy (non-hydrogen) atoms. The zero-order valence-electron chi connectivity index (χ0n) is 20.3. The number of fused-ring (bicyclic) bond motifs is 1. The van der Waals surface area contributed by atoms with Gasteiger partial charge in [-0.3, -0.25) is 0 Å². The van der Waals surface area contributed by atoms with Crippen molar-refractivity contribution in [1.82, 2.24) is 0 Å². The Labute approximate surface area is 203 Å². The van der Waals surface area contributed by atoms with Crippen LogP contribution in [0.15, 0.2) is 65.6 Å². The van der Waals surface area contributed by atoms with Crippen molar-refractivity contribution in [3.8, 4) is 5.75 Å². The van der Waals surface area contributed by atoms with E-state index in [1.54, 1.807) is 0 Å². The lowest BCUT2D eigenvalue weighted by Crippen LogP contribution is -2.14. The molecule has 3 heteroatoms. The Bertz CT molecular complexity index is 1150. The molecule has 0 bridgehead atoms. The minimum atomic E-state index is 0.282. The second-order valence-corrected chi connectivity index (χ2v) is 9.89. The molecule has 0 saturated heterocycles. The van der Waals surface area contributed by atoms with E-state index in [0.717, 1.165) is 42.9 Å². The Balaban J connectivity index is 1.82. The fourth-order valence-corrected chi connectivity index (χ4v) is 5.81. The molecule has 0 aromatic heterocycles. The van der Waals surface area contributed by atoms with Gasteiger partial charge in [0, 0.05) is 16.3 Å². The molecule has 1 heterocycles. The molecule has 2 nitrogen and oxygen atoms in total. The molecule has 1 unspecified atom stereocenters. The Morgan fingerprint density at radius 1 is 0.939 bits per heavy atom. The van der Waals surface area contributed by atoms with Crippen molar-refractivity contribution in [2.45, 2.75) is 64.4 Å². The molecule has 3 aromatic carbocycles. The first kappa shape index (κ1) is 23.5. The molecule has 0 fully saturated rings. The molecule has 1 aliphatic rings. The lowest BCUT2D eigenvalue weighted by molar-refractivity contribution is 0.186. The topological polar surface area (TPSA) is 35.2 Å². The molecule has 0 amide bonds. The normalized spacial score (nSPS) is 14.2. The van der Waals surface area contributed by atoms with Gasteiger partial charge in [-0.1, -0.05) is 69.2 Å². The number of aryl methyl sites for hydroxylation is 2. The highest BCUT2D eigenvalue weighted by Gasteiger charge is 2.23. The van der Waals surface area contributed by atoms with Gasteiger partial charge < -0.3 is 10.5 Å². The fourth-order valence-electron chi connectivity index (χ4n) is 4.66. The summed E-state index contributed by atoms with van der Waals surface area (Å²) in [5.74, 6) is 1.89. The van der Waals surface area contributed by atoms with Crippen LogP contribution in [0.25, 0.3) is 11.1 Å². The van der Waals surface area contributed by atoms with Gasteiger partial charge in [0.2, 0.25) is 0 Å². The van der Waals surface area contributed by atoms with Crippen molar-refractivity contribution >= 4 is 28.6 Å². The van der Waals surface area contributed by atoms with Gasteiger partial charge in [0.1, 0.15) is 5.75 Å². The maximum atomic E-state index is 6.26. The number of rotatable bonds is 8. The average Bonchev–Trinajstić information content (AvgIpc) is 2.83. The summed E-state index contributed by atoms with van der Waals surface area (Å²) in [4.78, 5) is 1.26. The molecule has 0 aliphatic carbocycles. The summed E-state index contributed by atoms with van der Waals surface area (Å²) < 4.78 is 6.26. The molecule has 4 rings (SSSR count). The first-order valence-electron chi connectivity index (χ1n) is 12.2. The minimum Gasteiger partial charge on any atom is -0.490 e. The third-order valence-electron chi connectivity index (χ3n) is 6.43. The van der Waals surface area contributed by atoms with Gasteiger partial charge in [0.05, 0.1) is 6.10 Å². The summed E-state index contributed by atoms with van der Waals surface area (Å²) in [7, 11) is 0. The number of nitrogen functional groups attached to an aromatic ring is 1. The highest BCUT2D eigenvalue weighted by molar-refractivity contribution is 7.99. The van der Waals surface area contributed by atoms with Crippen LogP contribution in [-0.4, -0.2) is 11.9 Å². The van der Waals surface area contributed by atoms with E-state index in [0.29, 0.717) is 0 Å². The van der Waals surface area contributed by atoms with E-state index >= 15 is 0 Å². The van der Waals surface area contributed by atoms with E-state index < -0.39 is 0 Å². The quantitative estimate of drug-likeness (QED) is 0.347. The van der Waals surface area contributed by atoms with Crippen LogP contribution >= 0.6 is 11.8 Å². The molecule has 1 atom stereocenters. The summed E-state index contributed by atoms with van der Waals surface area (Å²) >= 11 is 1.89. The number of nitrogens with two attached hydrogens (primary N) is 1. The van der Waals surface area contributed by atoms with Crippen molar-refractivity contribution in [1.29, 1.82) is 0 Å². The summed E-state index contributed by atoms with van der Waals surface area (Å²) in [6.07, 6.45) is 4.57. The van der Waals surface area contributed by atoms with E-state index in [1.165, 1.54) is 43.9 Å². The van der Waals surface area contributed by atoms with Crippen LogP contribution in [0.5, 0.6) is 5.75 Å². The van der Waals surface area contributed by atoms with Gasteiger partial charge in [0.15, 0.2) is 0 Å². The molecule has 3 aromatic rings. The number of thioether (sulfide) groups is 1. The standard InChI is InChI=1S/C30H35NOS/c1-5-8-24(7-3)32-25-13-10-22(11-14-25)30-27-16-12-23(31)18-29(27)33-19-28(30)26-15-9-20(4)17-21(26)6-2/h9-18,24H,5-8,19,31H2,1-4H3. The van der Waals surface area contributed by atoms with E-state index in [-0.39, 0.29) is 6.10 Å². The molecule has 0 spiro atoms. The number of hydrogen-bond acceptors (Lipinski definition) is 3. The SMILES string of the molecule is CCCC(CC)Oc1ccc(C2=C(c3ccc(C)cc3CC)CSc3cc(N)ccc32)cc1. The van der Waals surface area contributed by atoms with Crippen LogP contribution < -0.4 is 10.5 Å². The Kier molecular flexibility index (Phi) is 7.49. The van der Waals surface area contributed by atoms with Crippen molar-refractivity contribution in [3.63, 3.8) is 0 Å². The molecule has 0 radical (unpaired) electrons. The molecular formula is C30H35NOS. The van der Waals surface area contributed by atoms with E-state index in [2.05, 4.69) is 82.3 Å². The molecule has 2 N–H and O–H groups in total. The van der Waals surface area contributed by atoms with Crippen molar-refractivity contribution in [2.24, 2.45) is 0 Å². The minimum absolute atomic E-state index is 0.282. The highest BCUT2D eigenvalue weighted by atomic mass is 32.2. The fraction of sp³-hybridized carbons (Fsp3) is 0.333. The maximum absolute atomic E-state index is 6.26.